The molecule has 1 aliphatic heterocycles. The smallest absolute Gasteiger partial charge is 0.386 e. The van der Waals surface area contributed by atoms with E-state index in [0.717, 1.165) is 24.8 Å². The molecule has 0 atom stereocenters. The van der Waals surface area contributed by atoms with E-state index in [1.807, 2.05) is 17.0 Å². The molecule has 0 amide bonds. The van der Waals surface area contributed by atoms with Gasteiger partial charge in [0.25, 0.3) is 10.2 Å². The Morgan fingerprint density at radius 3 is 2.19 bits per heavy atom. The maximum atomic E-state index is 12.9. The van der Waals surface area contributed by atoms with Crippen LogP contribution in [-0.2, 0) is 31.0 Å². The van der Waals surface area contributed by atoms with Crippen molar-refractivity contribution in [2.45, 2.75) is 82.8 Å². The molecule has 204 valence electrons. The van der Waals surface area contributed by atoms with Gasteiger partial charge in [0.2, 0.25) is 0 Å². The highest BCUT2D eigenvalue weighted by Gasteiger charge is 2.45. The number of likely N-dealkylation sites (tertiary alicyclic amines) is 1. The third kappa shape index (κ3) is 10.4. The van der Waals surface area contributed by atoms with Crippen molar-refractivity contribution in [2.75, 3.05) is 24.9 Å². The van der Waals surface area contributed by atoms with Crippen molar-refractivity contribution in [1.82, 2.24) is 9.62 Å². The molecule has 0 radical (unpaired) electrons. The first-order valence-corrected chi connectivity index (χ1v) is 13.7. The predicted molar refractivity (Wildman–Crippen MR) is 130 cm³/mol. The molecule has 1 aliphatic rings. The molecule has 1 saturated heterocycles. The molecule has 1 heterocycles. The zero-order valence-corrected chi connectivity index (χ0v) is 21.6. The van der Waals surface area contributed by atoms with E-state index in [1.54, 1.807) is 19.2 Å². The molecular weight excluding hydrogens is 499 g/mol. The van der Waals surface area contributed by atoms with Crippen LogP contribution in [0.15, 0.2) is 24.3 Å². The number of esters is 2. The Bertz CT molecular complexity index is 960. The molecule has 2 rings (SSSR count). The fourth-order valence-corrected chi connectivity index (χ4v) is 5.49. The first-order valence-electron chi connectivity index (χ1n) is 12.3. The standard InChI is InChI=1S/C24H36F3N3O5S/c1-3-4-5-6-7-8-9-19-10-12-20(13-11-19)28-36(33,34)29-23(14-16-30(2)17-15-23)18-21(31)35-22(32)24(25,26)27/h10-13,28-29H,3-9,14-18H2,1-2H3. The highest BCUT2D eigenvalue weighted by Crippen LogP contribution is 2.28. The number of anilines is 1. The van der Waals surface area contributed by atoms with Crippen LogP contribution in [0.25, 0.3) is 0 Å². The molecule has 12 heteroatoms. The number of hydrogen-bond acceptors (Lipinski definition) is 6. The van der Waals surface area contributed by atoms with Crippen molar-refractivity contribution >= 4 is 27.8 Å². The minimum Gasteiger partial charge on any atom is -0.386 e. The van der Waals surface area contributed by atoms with Crippen LogP contribution in [0.5, 0.6) is 0 Å². The Kier molecular flexibility index (Phi) is 11.2. The van der Waals surface area contributed by atoms with Gasteiger partial charge in [-0.1, -0.05) is 51.2 Å². The molecule has 0 aliphatic carbocycles. The van der Waals surface area contributed by atoms with Crippen LogP contribution in [0.2, 0.25) is 0 Å². The van der Waals surface area contributed by atoms with Gasteiger partial charge in [-0.05, 0) is 63.5 Å². The van der Waals surface area contributed by atoms with E-state index < -0.39 is 40.3 Å². The number of hydrogen-bond donors (Lipinski definition) is 2. The summed E-state index contributed by atoms with van der Waals surface area (Å²) in [7, 11) is -2.39. The summed E-state index contributed by atoms with van der Waals surface area (Å²) in [6, 6.07) is 6.97. The number of aryl methyl sites for hydroxylation is 1. The van der Waals surface area contributed by atoms with Crippen molar-refractivity contribution < 1.29 is 35.9 Å². The van der Waals surface area contributed by atoms with Gasteiger partial charge in [0.1, 0.15) is 0 Å². The average Bonchev–Trinajstić information content (AvgIpc) is 2.78. The molecule has 0 saturated carbocycles. The number of piperidine rings is 1. The Hall–Kier alpha value is -2.18. The minimum atomic E-state index is -5.32. The van der Waals surface area contributed by atoms with E-state index in [4.69, 9.17) is 0 Å². The van der Waals surface area contributed by atoms with E-state index >= 15 is 0 Å². The lowest BCUT2D eigenvalue weighted by molar-refractivity contribution is -0.202. The Morgan fingerprint density at radius 1 is 1.03 bits per heavy atom. The molecule has 0 aromatic heterocycles. The number of nitrogens with one attached hydrogen (secondary N) is 2. The first kappa shape index (κ1) is 30.0. The second-order valence-electron chi connectivity index (χ2n) is 9.44. The molecule has 8 nitrogen and oxygen atoms in total. The fourth-order valence-electron chi connectivity index (χ4n) is 4.15. The summed E-state index contributed by atoms with van der Waals surface area (Å²) in [5, 5.41) is 0. The summed E-state index contributed by atoms with van der Waals surface area (Å²) >= 11 is 0. The molecule has 0 bridgehead atoms. The van der Waals surface area contributed by atoms with Crippen molar-refractivity contribution in [3.63, 3.8) is 0 Å². The van der Waals surface area contributed by atoms with Crippen LogP contribution in [0.1, 0.15) is 70.3 Å². The minimum absolute atomic E-state index is 0.150. The Balaban J connectivity index is 1.99. The molecule has 36 heavy (non-hydrogen) atoms. The number of alkyl halides is 3. The lowest BCUT2D eigenvalue weighted by atomic mass is 9.85. The quantitative estimate of drug-likeness (QED) is 0.221. The van der Waals surface area contributed by atoms with Gasteiger partial charge in [-0.3, -0.25) is 9.52 Å². The van der Waals surface area contributed by atoms with Crippen LogP contribution in [0.4, 0.5) is 18.9 Å². The number of rotatable bonds is 13. The van der Waals surface area contributed by atoms with Crippen LogP contribution < -0.4 is 9.44 Å². The van der Waals surface area contributed by atoms with Gasteiger partial charge in [-0.2, -0.15) is 26.3 Å². The number of carbonyl (C=O) groups excluding carboxylic acids is 2. The first-order chi connectivity index (χ1) is 16.8. The fraction of sp³-hybridized carbons (Fsp3) is 0.667. The monoisotopic (exact) mass is 535 g/mol. The topological polar surface area (TPSA) is 105 Å². The van der Waals surface area contributed by atoms with E-state index in [2.05, 4.69) is 21.1 Å². The summed E-state index contributed by atoms with van der Waals surface area (Å²) in [5.41, 5.74) is 0.0105. The van der Waals surface area contributed by atoms with Gasteiger partial charge >= 0.3 is 18.1 Å². The SMILES string of the molecule is CCCCCCCCc1ccc(NS(=O)(=O)NC2(CC(=O)OC(=O)C(F)(F)F)CCN(C)CC2)cc1. The zero-order valence-electron chi connectivity index (χ0n) is 20.8. The summed E-state index contributed by atoms with van der Waals surface area (Å²) < 4.78 is 71.8. The highest BCUT2D eigenvalue weighted by atomic mass is 32.2. The largest absolute Gasteiger partial charge is 0.491 e. The molecule has 0 spiro atoms. The second-order valence-corrected chi connectivity index (χ2v) is 10.9. The molecule has 1 fully saturated rings. The van der Waals surface area contributed by atoms with Gasteiger partial charge in [0.05, 0.1) is 6.42 Å². The average molecular weight is 536 g/mol. The predicted octanol–water partition coefficient (Wildman–Crippen LogP) is 4.32. The molecular formula is C24H36F3N3O5S. The third-order valence-electron chi connectivity index (χ3n) is 6.24. The second kappa shape index (κ2) is 13.4. The normalized spacial score (nSPS) is 16.5. The van der Waals surface area contributed by atoms with Crippen molar-refractivity contribution in [3.05, 3.63) is 29.8 Å². The number of nitrogens with zero attached hydrogens (tertiary/aromatic N) is 1. The number of carbonyl (C=O) groups is 2. The van der Waals surface area contributed by atoms with Gasteiger partial charge < -0.3 is 9.64 Å². The van der Waals surface area contributed by atoms with Crippen molar-refractivity contribution in [3.8, 4) is 0 Å². The van der Waals surface area contributed by atoms with E-state index in [0.29, 0.717) is 18.8 Å². The number of unbranched alkanes of at least 4 members (excludes halogenated alkanes) is 5. The van der Waals surface area contributed by atoms with Crippen LogP contribution >= 0.6 is 0 Å². The summed E-state index contributed by atoms with van der Waals surface area (Å²) in [6.45, 7) is 2.97. The van der Waals surface area contributed by atoms with Crippen molar-refractivity contribution in [1.29, 1.82) is 0 Å². The Labute approximate surface area is 211 Å². The maximum Gasteiger partial charge on any atom is 0.491 e. The van der Waals surface area contributed by atoms with Crippen LogP contribution in [-0.4, -0.2) is 57.1 Å². The number of halogens is 3. The van der Waals surface area contributed by atoms with Gasteiger partial charge in [0.15, 0.2) is 0 Å². The molecule has 1 aromatic carbocycles. The summed E-state index contributed by atoms with van der Waals surface area (Å²) in [4.78, 5) is 25.0. The van der Waals surface area contributed by atoms with Gasteiger partial charge in [-0.15, -0.1) is 0 Å². The maximum absolute atomic E-state index is 12.9. The van der Waals surface area contributed by atoms with Crippen LogP contribution in [0, 0.1) is 0 Å². The number of benzene rings is 1. The van der Waals surface area contributed by atoms with Gasteiger partial charge in [-0.25, -0.2) is 4.79 Å². The van der Waals surface area contributed by atoms with E-state index in [1.165, 1.54) is 25.7 Å². The van der Waals surface area contributed by atoms with Crippen LogP contribution in [0.3, 0.4) is 0 Å². The van der Waals surface area contributed by atoms with E-state index in [-0.39, 0.29) is 12.8 Å². The van der Waals surface area contributed by atoms with Gasteiger partial charge in [0, 0.05) is 11.2 Å². The summed E-state index contributed by atoms with van der Waals surface area (Å²) in [5.74, 6) is -4.07. The van der Waals surface area contributed by atoms with Crippen molar-refractivity contribution in [2.24, 2.45) is 0 Å². The third-order valence-corrected chi connectivity index (χ3v) is 7.45. The summed E-state index contributed by atoms with van der Waals surface area (Å²) in [6.07, 6.45) is 2.25. The molecule has 1 aromatic rings. The number of ether oxygens (including phenoxy) is 1. The Morgan fingerprint density at radius 2 is 1.61 bits per heavy atom. The molecule has 2 N–H and O–H groups in total. The lowest BCUT2D eigenvalue weighted by Crippen LogP contribution is -2.57. The highest BCUT2D eigenvalue weighted by molar-refractivity contribution is 7.90. The molecule has 0 unspecified atom stereocenters. The lowest BCUT2D eigenvalue weighted by Gasteiger charge is -2.40. The van der Waals surface area contributed by atoms with E-state index in [9.17, 15) is 31.2 Å². The zero-order chi connectivity index (χ0) is 26.8.